The smallest absolute Gasteiger partial charge is 0.306 e. The van der Waals surface area contributed by atoms with Gasteiger partial charge in [0.05, 0.1) is 7.11 Å². The first kappa shape index (κ1) is 21.8. The van der Waals surface area contributed by atoms with Crippen molar-refractivity contribution >= 4 is 11.9 Å². The zero-order chi connectivity index (χ0) is 19.4. The molecule has 146 valence electrons. The fraction of sp³-hybridized carbons (Fsp3) is 0.600. The molecular formula is C20H31NO5. The molecule has 0 saturated carbocycles. The summed E-state index contributed by atoms with van der Waals surface area (Å²) in [5.41, 5.74) is 1.66. The average Bonchev–Trinajstić information content (AvgIpc) is 2.62. The number of carbonyl (C=O) groups is 2. The molecule has 0 heterocycles. The summed E-state index contributed by atoms with van der Waals surface area (Å²) in [6, 6.07) is 3.26. The monoisotopic (exact) mass is 365 g/mol. The Morgan fingerprint density at radius 1 is 1.12 bits per heavy atom. The molecule has 0 unspecified atom stereocenters. The first-order valence-corrected chi connectivity index (χ1v) is 9.26. The highest BCUT2D eigenvalue weighted by Gasteiger charge is 2.10. The lowest BCUT2D eigenvalue weighted by molar-refractivity contribution is -0.148. The standard InChI is InChI=1S/C20H31NO5/c1-4-5-6-7-8-9-10-20(24)26-14-19(23)21-13-16-12-18(25-3)17(22)11-15(16)2/h11-12,22H,4-10,13-14H2,1-3H3,(H,21,23). The summed E-state index contributed by atoms with van der Waals surface area (Å²) in [5.74, 6) is -0.278. The fourth-order valence-electron chi connectivity index (χ4n) is 2.58. The number of ether oxygens (including phenoxy) is 2. The summed E-state index contributed by atoms with van der Waals surface area (Å²) >= 11 is 0. The average molecular weight is 365 g/mol. The third kappa shape index (κ3) is 8.23. The number of carbonyl (C=O) groups excluding carboxylic acids is 2. The van der Waals surface area contributed by atoms with Crippen LogP contribution in [-0.4, -0.2) is 30.7 Å². The van der Waals surface area contributed by atoms with Gasteiger partial charge >= 0.3 is 5.97 Å². The number of phenolic OH excluding ortho intramolecular Hbond substituents is 1. The van der Waals surface area contributed by atoms with Crippen molar-refractivity contribution < 1.29 is 24.2 Å². The summed E-state index contributed by atoms with van der Waals surface area (Å²) in [7, 11) is 1.47. The summed E-state index contributed by atoms with van der Waals surface area (Å²) in [6.45, 7) is 4.00. The van der Waals surface area contributed by atoms with Crippen molar-refractivity contribution in [3.63, 3.8) is 0 Å². The Morgan fingerprint density at radius 3 is 2.50 bits per heavy atom. The number of rotatable bonds is 12. The molecule has 1 aromatic rings. The number of phenols is 1. The highest BCUT2D eigenvalue weighted by Crippen LogP contribution is 2.28. The second-order valence-corrected chi connectivity index (χ2v) is 6.41. The van der Waals surface area contributed by atoms with Crippen molar-refractivity contribution in [2.45, 2.75) is 65.3 Å². The molecule has 0 fully saturated rings. The van der Waals surface area contributed by atoms with Crippen molar-refractivity contribution in [3.8, 4) is 11.5 Å². The predicted octanol–water partition coefficient (Wildman–Crippen LogP) is 3.62. The quantitative estimate of drug-likeness (QED) is 0.436. The Hall–Kier alpha value is -2.24. The van der Waals surface area contributed by atoms with Crippen molar-refractivity contribution in [3.05, 3.63) is 23.3 Å². The molecule has 0 spiro atoms. The molecule has 6 nitrogen and oxygen atoms in total. The van der Waals surface area contributed by atoms with Crippen molar-refractivity contribution in [1.29, 1.82) is 0 Å². The van der Waals surface area contributed by atoms with E-state index in [1.54, 1.807) is 12.1 Å². The first-order valence-electron chi connectivity index (χ1n) is 9.26. The molecule has 0 radical (unpaired) electrons. The molecule has 6 heteroatoms. The van der Waals surface area contributed by atoms with E-state index in [9.17, 15) is 14.7 Å². The van der Waals surface area contributed by atoms with Crippen LogP contribution in [0.4, 0.5) is 0 Å². The molecule has 1 amide bonds. The fourth-order valence-corrected chi connectivity index (χ4v) is 2.58. The van der Waals surface area contributed by atoms with E-state index in [1.165, 1.54) is 26.4 Å². The molecule has 1 aromatic carbocycles. The van der Waals surface area contributed by atoms with Crippen molar-refractivity contribution in [2.24, 2.45) is 0 Å². The maximum absolute atomic E-state index is 11.8. The van der Waals surface area contributed by atoms with Gasteiger partial charge in [0.2, 0.25) is 0 Å². The Bertz CT molecular complexity index is 586. The van der Waals surface area contributed by atoms with Gasteiger partial charge in [-0.3, -0.25) is 9.59 Å². The number of benzene rings is 1. The number of nitrogens with one attached hydrogen (secondary N) is 1. The molecule has 1 rings (SSSR count). The van der Waals surface area contributed by atoms with Gasteiger partial charge in [-0.1, -0.05) is 39.0 Å². The number of aromatic hydroxyl groups is 1. The van der Waals surface area contributed by atoms with Crippen LogP contribution in [0.2, 0.25) is 0 Å². The number of methoxy groups -OCH3 is 1. The van der Waals surface area contributed by atoms with Gasteiger partial charge in [-0.05, 0) is 36.6 Å². The van der Waals surface area contributed by atoms with E-state index in [0.29, 0.717) is 12.2 Å². The highest BCUT2D eigenvalue weighted by atomic mass is 16.5. The van der Waals surface area contributed by atoms with Gasteiger partial charge in [-0.15, -0.1) is 0 Å². The Balaban J connectivity index is 2.25. The minimum Gasteiger partial charge on any atom is -0.504 e. The topological polar surface area (TPSA) is 84.9 Å². The Labute approximate surface area is 155 Å². The van der Waals surface area contributed by atoms with Crippen LogP contribution in [0.3, 0.4) is 0 Å². The molecule has 26 heavy (non-hydrogen) atoms. The molecule has 0 aliphatic heterocycles. The molecule has 0 saturated heterocycles. The van der Waals surface area contributed by atoms with Crippen LogP contribution in [0, 0.1) is 6.92 Å². The maximum Gasteiger partial charge on any atom is 0.306 e. The van der Waals surface area contributed by atoms with E-state index in [2.05, 4.69) is 12.2 Å². The molecule has 0 bridgehead atoms. The van der Waals surface area contributed by atoms with Gasteiger partial charge in [0.25, 0.3) is 5.91 Å². The predicted molar refractivity (Wildman–Crippen MR) is 100 cm³/mol. The van der Waals surface area contributed by atoms with E-state index < -0.39 is 0 Å². The van der Waals surface area contributed by atoms with Crippen LogP contribution in [-0.2, 0) is 20.9 Å². The second kappa shape index (κ2) is 12.2. The van der Waals surface area contributed by atoms with E-state index in [4.69, 9.17) is 9.47 Å². The first-order chi connectivity index (χ1) is 12.5. The number of hydrogen-bond acceptors (Lipinski definition) is 5. The molecule has 0 aliphatic rings. The molecule has 2 N–H and O–H groups in total. The molecular weight excluding hydrogens is 334 g/mol. The minimum atomic E-state index is -0.354. The van der Waals surface area contributed by atoms with Crippen LogP contribution in [0.1, 0.15) is 63.0 Å². The lowest BCUT2D eigenvalue weighted by atomic mass is 10.1. The third-order valence-electron chi connectivity index (χ3n) is 4.21. The second-order valence-electron chi connectivity index (χ2n) is 6.41. The molecule has 0 aliphatic carbocycles. The zero-order valence-electron chi connectivity index (χ0n) is 16.1. The van der Waals surface area contributed by atoms with Crippen LogP contribution < -0.4 is 10.1 Å². The Kier molecular flexibility index (Phi) is 10.2. The summed E-state index contributed by atoms with van der Waals surface area (Å²) < 4.78 is 10.1. The van der Waals surface area contributed by atoms with E-state index >= 15 is 0 Å². The number of amides is 1. The van der Waals surface area contributed by atoms with Gasteiger partial charge in [0.1, 0.15) is 0 Å². The van der Waals surface area contributed by atoms with E-state index in [0.717, 1.165) is 30.4 Å². The van der Waals surface area contributed by atoms with Gasteiger partial charge in [-0.25, -0.2) is 0 Å². The molecule has 0 atom stereocenters. The lowest BCUT2D eigenvalue weighted by Gasteiger charge is -2.11. The highest BCUT2D eigenvalue weighted by molar-refractivity contribution is 5.80. The van der Waals surface area contributed by atoms with Crippen LogP contribution in [0.5, 0.6) is 11.5 Å². The largest absolute Gasteiger partial charge is 0.504 e. The molecule has 0 aromatic heterocycles. The maximum atomic E-state index is 11.8. The summed E-state index contributed by atoms with van der Waals surface area (Å²) in [6.07, 6.45) is 6.95. The summed E-state index contributed by atoms with van der Waals surface area (Å²) in [4.78, 5) is 23.5. The van der Waals surface area contributed by atoms with E-state index in [1.807, 2.05) is 6.92 Å². The minimum absolute atomic E-state index is 0.0590. The van der Waals surface area contributed by atoms with E-state index in [-0.39, 0.29) is 30.8 Å². The SMILES string of the molecule is CCCCCCCCC(=O)OCC(=O)NCc1cc(OC)c(O)cc1C. The number of aryl methyl sites for hydroxylation is 1. The van der Waals surface area contributed by atoms with Gasteiger partial charge in [-0.2, -0.15) is 0 Å². The number of unbranched alkanes of at least 4 members (excludes halogenated alkanes) is 5. The van der Waals surface area contributed by atoms with Crippen LogP contribution in [0.25, 0.3) is 0 Å². The zero-order valence-corrected chi connectivity index (χ0v) is 16.1. The third-order valence-corrected chi connectivity index (χ3v) is 4.21. The normalized spacial score (nSPS) is 10.4. The van der Waals surface area contributed by atoms with Crippen LogP contribution >= 0.6 is 0 Å². The van der Waals surface area contributed by atoms with Crippen molar-refractivity contribution in [2.75, 3.05) is 13.7 Å². The van der Waals surface area contributed by atoms with Gasteiger partial charge < -0.3 is 19.9 Å². The van der Waals surface area contributed by atoms with Gasteiger partial charge in [0.15, 0.2) is 18.1 Å². The number of esters is 1. The van der Waals surface area contributed by atoms with Crippen LogP contribution in [0.15, 0.2) is 12.1 Å². The van der Waals surface area contributed by atoms with Gasteiger partial charge in [0, 0.05) is 13.0 Å². The Morgan fingerprint density at radius 2 is 1.81 bits per heavy atom. The van der Waals surface area contributed by atoms with Crippen molar-refractivity contribution in [1.82, 2.24) is 5.32 Å². The summed E-state index contributed by atoms with van der Waals surface area (Å²) in [5, 5.41) is 12.4. The lowest BCUT2D eigenvalue weighted by Crippen LogP contribution is -2.28. The number of hydrogen-bond donors (Lipinski definition) is 2.